The normalized spacial score (nSPS) is 27.3. The Morgan fingerprint density at radius 3 is 1.29 bits per heavy atom. The molecule has 0 aromatic rings. The molecule has 9 nitrogen and oxygen atoms in total. The predicted molar refractivity (Wildman–Crippen MR) is 168 cm³/mol. The summed E-state index contributed by atoms with van der Waals surface area (Å²) in [5.74, 6) is -0.114. The molecule has 0 radical (unpaired) electrons. The summed E-state index contributed by atoms with van der Waals surface area (Å²) in [6, 6.07) is 0. The molecule has 0 aromatic carbocycles. The maximum Gasteiger partial charge on any atom is 0.534 e. The Labute approximate surface area is 268 Å². The van der Waals surface area contributed by atoms with Gasteiger partial charge in [-0.15, -0.1) is 0 Å². The van der Waals surface area contributed by atoms with Crippen molar-refractivity contribution in [3.05, 3.63) is 23.4 Å². The lowest BCUT2D eigenvalue weighted by Gasteiger charge is -2.32. The second kappa shape index (κ2) is 12.8. The van der Waals surface area contributed by atoms with Crippen LogP contribution in [0.15, 0.2) is 23.4 Å². The quantitative estimate of drug-likeness (QED) is 0.181. The van der Waals surface area contributed by atoms with E-state index in [4.69, 9.17) is 27.9 Å². The fraction of sp³-hybridized carbons (Fsp3) is 0.862. The van der Waals surface area contributed by atoms with Crippen LogP contribution in [-0.4, -0.2) is 68.7 Å². The first-order valence-electron chi connectivity index (χ1n) is 15.6. The van der Waals surface area contributed by atoms with Gasteiger partial charge in [-0.2, -0.15) is 21.6 Å². The van der Waals surface area contributed by atoms with E-state index in [2.05, 4.69) is 38.0 Å². The first-order valence-corrected chi connectivity index (χ1v) is 17.0. The van der Waals surface area contributed by atoms with Crippen molar-refractivity contribution in [2.24, 2.45) is 0 Å². The van der Waals surface area contributed by atoms with E-state index in [1.54, 1.807) is 0 Å². The smallest absolute Gasteiger partial charge is 0.405 e. The van der Waals surface area contributed by atoms with Crippen molar-refractivity contribution in [1.29, 1.82) is 0 Å². The van der Waals surface area contributed by atoms with E-state index in [0.717, 1.165) is 6.42 Å². The van der Waals surface area contributed by atoms with Crippen molar-refractivity contribution in [2.45, 2.75) is 161 Å². The molecule has 2 aliphatic carbocycles. The summed E-state index contributed by atoms with van der Waals surface area (Å²) < 4.78 is 95.7. The molecule has 0 atom stereocenters. The minimum atomic E-state index is -5.45. The molecule has 0 N–H and O–H groups in total. The highest BCUT2D eigenvalue weighted by Gasteiger charge is 2.63. The van der Waals surface area contributed by atoms with E-state index in [1.165, 1.54) is 24.4 Å². The van der Waals surface area contributed by atoms with E-state index in [9.17, 15) is 21.6 Å². The third kappa shape index (κ3) is 8.53. The van der Waals surface area contributed by atoms with Gasteiger partial charge >= 0.3 is 36.8 Å². The standard InChI is InChI=1S/C12H24B2O4.C11H19BO2.C6H7F3O3S/c1-9(2)10(3,4)16-13(15-9)14-17-11(5,6)12(7,8)18-14;1-10(2)11(3,4)14-12(13-10)9-7-5-6-8-9;7-6(8,9)13(10,11)12-5-3-1-2-4-5/h1-8H3;7H,5-6,8H2,1-4H3;3H,1-2,4H2. The second-order valence-electron chi connectivity index (χ2n) is 15.1. The molecule has 0 aromatic heterocycles. The molecular formula is C29H50B3F3O9S. The Kier molecular flexibility index (Phi) is 10.9. The molecule has 3 saturated heterocycles. The molecule has 5 aliphatic rings. The van der Waals surface area contributed by atoms with Gasteiger partial charge in [0.05, 0.1) is 33.6 Å². The molecule has 0 amide bonds. The van der Waals surface area contributed by atoms with E-state index in [1.807, 2.05) is 55.4 Å². The van der Waals surface area contributed by atoms with Gasteiger partial charge in [-0.3, -0.25) is 0 Å². The number of halogens is 3. The minimum absolute atomic E-state index is 0.0949. The van der Waals surface area contributed by atoms with Crippen LogP contribution >= 0.6 is 0 Å². The largest absolute Gasteiger partial charge is 0.534 e. The monoisotopic (exact) mass is 664 g/mol. The number of alkyl halides is 3. The summed E-state index contributed by atoms with van der Waals surface area (Å²) in [5, 5.41) is 0. The molecule has 0 unspecified atom stereocenters. The van der Waals surface area contributed by atoms with Crippen molar-refractivity contribution >= 4 is 31.3 Å². The summed E-state index contributed by atoms with van der Waals surface area (Å²) in [6.07, 6.45) is 8.61. The van der Waals surface area contributed by atoms with Gasteiger partial charge in [-0.1, -0.05) is 6.08 Å². The van der Waals surface area contributed by atoms with Crippen molar-refractivity contribution in [3.63, 3.8) is 0 Å². The summed E-state index contributed by atoms with van der Waals surface area (Å²) >= 11 is 0. The number of allylic oxidation sites excluding steroid dienone is 4. The lowest BCUT2D eigenvalue weighted by atomic mass is 9.49. The zero-order chi connectivity index (χ0) is 34.5. The molecule has 0 spiro atoms. The highest BCUT2D eigenvalue weighted by atomic mass is 32.2. The van der Waals surface area contributed by atoms with Gasteiger partial charge in [-0.05, 0) is 127 Å². The van der Waals surface area contributed by atoms with E-state index in [-0.39, 0.29) is 52.9 Å². The van der Waals surface area contributed by atoms with Gasteiger partial charge in [0.1, 0.15) is 5.76 Å². The average molecular weight is 664 g/mol. The van der Waals surface area contributed by atoms with E-state index >= 15 is 0 Å². The second-order valence-corrected chi connectivity index (χ2v) is 16.6. The Morgan fingerprint density at radius 2 is 0.978 bits per heavy atom. The molecule has 0 bridgehead atoms. The van der Waals surface area contributed by atoms with Gasteiger partial charge in [0.2, 0.25) is 0 Å². The Balaban J connectivity index is 0.000000187. The van der Waals surface area contributed by atoms with Crippen LogP contribution < -0.4 is 0 Å². The fourth-order valence-electron chi connectivity index (χ4n) is 4.81. The number of hydrogen-bond acceptors (Lipinski definition) is 9. The van der Waals surface area contributed by atoms with Crippen molar-refractivity contribution in [2.75, 3.05) is 0 Å². The van der Waals surface area contributed by atoms with Gasteiger partial charge in [0.15, 0.2) is 0 Å². The van der Waals surface area contributed by atoms with Crippen LogP contribution in [0.3, 0.4) is 0 Å². The molecule has 3 fully saturated rings. The highest BCUT2D eigenvalue weighted by molar-refractivity contribution is 7.87. The zero-order valence-electron chi connectivity index (χ0n) is 28.8. The minimum Gasteiger partial charge on any atom is -0.405 e. The van der Waals surface area contributed by atoms with Crippen molar-refractivity contribution < 1.29 is 53.7 Å². The van der Waals surface area contributed by atoms with Gasteiger partial charge in [-0.25, -0.2) is 0 Å². The highest BCUT2D eigenvalue weighted by Crippen LogP contribution is 2.43. The molecule has 45 heavy (non-hydrogen) atoms. The van der Waals surface area contributed by atoms with Crippen LogP contribution in [0.4, 0.5) is 13.2 Å². The maximum atomic E-state index is 11.7. The Bertz CT molecular complexity index is 1160. The van der Waals surface area contributed by atoms with Crippen molar-refractivity contribution in [1.82, 2.24) is 0 Å². The summed E-state index contributed by atoms with van der Waals surface area (Å²) in [5.41, 5.74) is -5.83. The molecule has 3 heterocycles. The van der Waals surface area contributed by atoms with Crippen LogP contribution in [0.2, 0.25) is 0 Å². The summed E-state index contributed by atoms with van der Waals surface area (Å²) in [4.78, 5) is 0. The first kappa shape index (κ1) is 38.4. The van der Waals surface area contributed by atoms with Gasteiger partial charge in [0.25, 0.3) is 0 Å². The van der Waals surface area contributed by atoms with Crippen LogP contribution in [0, 0.1) is 0 Å². The van der Waals surface area contributed by atoms with E-state index < -0.39 is 29.6 Å². The maximum absolute atomic E-state index is 11.7. The lowest BCUT2D eigenvalue weighted by molar-refractivity contribution is -0.0522. The molecule has 0 saturated carbocycles. The molecular weight excluding hydrogens is 614 g/mol. The van der Waals surface area contributed by atoms with Crippen LogP contribution in [0.5, 0.6) is 0 Å². The zero-order valence-corrected chi connectivity index (χ0v) is 29.7. The molecule has 256 valence electrons. The van der Waals surface area contributed by atoms with Crippen LogP contribution in [0.1, 0.15) is 122 Å². The van der Waals surface area contributed by atoms with Gasteiger partial charge in [0, 0.05) is 6.42 Å². The topological polar surface area (TPSA) is 98.8 Å². The number of rotatable bonds is 4. The lowest BCUT2D eigenvalue weighted by Crippen LogP contribution is -2.41. The summed E-state index contributed by atoms with van der Waals surface area (Å²) in [6.45, 7) is 24.6. The Hall–Kier alpha value is -1.03. The molecule has 3 aliphatic heterocycles. The third-order valence-electron chi connectivity index (χ3n) is 9.90. The average Bonchev–Trinajstić information content (AvgIpc) is 3.64. The van der Waals surface area contributed by atoms with Gasteiger partial charge < -0.3 is 32.1 Å². The summed E-state index contributed by atoms with van der Waals surface area (Å²) in [7, 11) is -6.50. The molecule has 5 rings (SSSR count). The number of hydrogen-bond donors (Lipinski definition) is 0. The van der Waals surface area contributed by atoms with Crippen LogP contribution in [-0.2, 0) is 42.2 Å². The van der Waals surface area contributed by atoms with Crippen LogP contribution in [0.25, 0.3) is 0 Å². The fourth-order valence-corrected chi connectivity index (χ4v) is 5.34. The van der Waals surface area contributed by atoms with Crippen molar-refractivity contribution in [3.8, 4) is 0 Å². The predicted octanol–water partition coefficient (Wildman–Crippen LogP) is 6.90. The SMILES string of the molecule is CC1(C)OB(B2OC(C)(C)C(C)(C)O2)OC1(C)C.CC1(C)OB(C2=CCCC2)OC1(C)C.O=S(=O)(OC1=CCCC1)C(F)(F)F. The first-order chi connectivity index (χ1) is 20.1. The van der Waals surface area contributed by atoms with E-state index in [0.29, 0.717) is 12.8 Å². The third-order valence-corrected chi connectivity index (χ3v) is 10.9. The Morgan fingerprint density at radius 1 is 0.622 bits per heavy atom. The molecule has 16 heteroatoms.